The summed E-state index contributed by atoms with van der Waals surface area (Å²) in [4.78, 5) is 28.0. The lowest BCUT2D eigenvalue weighted by Crippen LogP contribution is -2.14. The van der Waals surface area contributed by atoms with Crippen LogP contribution in [0.4, 0.5) is 11.4 Å². The molecule has 110 valence electrons. The summed E-state index contributed by atoms with van der Waals surface area (Å²) in [5.74, 6) is -0.500. The van der Waals surface area contributed by atoms with Gasteiger partial charge in [0.2, 0.25) is 5.91 Å². The molecule has 0 saturated carbocycles. The number of hydrogen-bond donors (Lipinski definition) is 2. The topological polar surface area (TPSA) is 71.1 Å². The van der Waals surface area contributed by atoms with Crippen LogP contribution in [0.3, 0.4) is 0 Å². The summed E-state index contributed by atoms with van der Waals surface area (Å²) in [5, 5.41) is 6.76. The van der Waals surface area contributed by atoms with Gasteiger partial charge in [-0.2, -0.15) is 0 Å². The standard InChI is InChI=1S/C14H14ClN3O2S/c1-3-13-16-7-12(21-13)14(20)18-11-6-9(15)4-5-10(11)17-8(2)19/h4-7H,3H2,1-2H3,(H,17,19)(H,18,20). The van der Waals surface area contributed by atoms with Crippen LogP contribution in [0, 0.1) is 0 Å². The summed E-state index contributed by atoms with van der Waals surface area (Å²) in [6.45, 7) is 3.38. The minimum absolute atomic E-state index is 0.223. The van der Waals surface area contributed by atoms with Crippen LogP contribution in [0.5, 0.6) is 0 Å². The van der Waals surface area contributed by atoms with Crippen LogP contribution in [0.1, 0.15) is 28.5 Å². The number of anilines is 2. The number of benzene rings is 1. The van der Waals surface area contributed by atoms with E-state index in [1.807, 2.05) is 6.92 Å². The van der Waals surface area contributed by atoms with Gasteiger partial charge in [0, 0.05) is 11.9 Å². The fraction of sp³-hybridized carbons (Fsp3) is 0.214. The second-order valence-electron chi connectivity index (χ2n) is 4.30. The van der Waals surface area contributed by atoms with Crippen molar-refractivity contribution in [3.05, 3.63) is 39.3 Å². The fourth-order valence-corrected chi connectivity index (χ4v) is 2.61. The zero-order chi connectivity index (χ0) is 15.4. The van der Waals surface area contributed by atoms with Gasteiger partial charge in [-0.1, -0.05) is 18.5 Å². The Balaban J connectivity index is 2.23. The Bertz CT molecular complexity index is 685. The van der Waals surface area contributed by atoms with Crippen molar-refractivity contribution < 1.29 is 9.59 Å². The lowest BCUT2D eigenvalue weighted by Gasteiger charge is -2.11. The molecule has 2 N–H and O–H groups in total. The molecule has 0 fully saturated rings. The van der Waals surface area contributed by atoms with Crippen LogP contribution >= 0.6 is 22.9 Å². The first-order valence-electron chi connectivity index (χ1n) is 6.32. The van der Waals surface area contributed by atoms with Gasteiger partial charge >= 0.3 is 0 Å². The maximum atomic E-state index is 12.2. The van der Waals surface area contributed by atoms with Crippen molar-refractivity contribution in [2.24, 2.45) is 0 Å². The van der Waals surface area contributed by atoms with Gasteiger partial charge in [0.05, 0.1) is 22.6 Å². The van der Waals surface area contributed by atoms with E-state index in [9.17, 15) is 9.59 Å². The monoisotopic (exact) mass is 323 g/mol. The molecule has 1 aromatic carbocycles. The van der Waals surface area contributed by atoms with E-state index in [1.54, 1.807) is 24.4 Å². The van der Waals surface area contributed by atoms with Gasteiger partial charge in [0.15, 0.2) is 0 Å². The minimum Gasteiger partial charge on any atom is -0.325 e. The Labute approximate surface area is 131 Å². The Morgan fingerprint density at radius 3 is 2.67 bits per heavy atom. The molecule has 0 unspecified atom stereocenters. The minimum atomic E-state index is -0.277. The summed E-state index contributed by atoms with van der Waals surface area (Å²) >= 11 is 7.28. The van der Waals surface area contributed by atoms with E-state index in [1.165, 1.54) is 18.3 Å². The van der Waals surface area contributed by atoms with Gasteiger partial charge in [-0.15, -0.1) is 11.3 Å². The van der Waals surface area contributed by atoms with Gasteiger partial charge < -0.3 is 10.6 Å². The van der Waals surface area contributed by atoms with Crippen LogP contribution < -0.4 is 10.6 Å². The highest BCUT2D eigenvalue weighted by molar-refractivity contribution is 7.13. The molecule has 2 rings (SSSR count). The van der Waals surface area contributed by atoms with E-state index >= 15 is 0 Å². The molecule has 0 saturated heterocycles. The lowest BCUT2D eigenvalue weighted by atomic mass is 10.2. The molecule has 0 aliphatic rings. The lowest BCUT2D eigenvalue weighted by molar-refractivity contribution is -0.114. The van der Waals surface area contributed by atoms with Crippen LogP contribution in [0.15, 0.2) is 24.4 Å². The van der Waals surface area contributed by atoms with E-state index < -0.39 is 0 Å². The normalized spacial score (nSPS) is 10.2. The quantitative estimate of drug-likeness (QED) is 0.903. The smallest absolute Gasteiger partial charge is 0.267 e. The number of carbonyl (C=O) groups excluding carboxylic acids is 2. The molecular formula is C14H14ClN3O2S. The van der Waals surface area contributed by atoms with Crippen LogP contribution in [-0.2, 0) is 11.2 Å². The number of hydrogen-bond acceptors (Lipinski definition) is 4. The Hall–Kier alpha value is -1.92. The number of amides is 2. The molecule has 0 spiro atoms. The maximum Gasteiger partial charge on any atom is 0.267 e. The van der Waals surface area contributed by atoms with Crippen molar-refractivity contribution in [2.45, 2.75) is 20.3 Å². The van der Waals surface area contributed by atoms with Gasteiger partial charge in [0.25, 0.3) is 5.91 Å². The van der Waals surface area contributed by atoms with Crippen LogP contribution in [0.2, 0.25) is 5.02 Å². The number of halogens is 1. The number of rotatable bonds is 4. The SMILES string of the molecule is CCc1ncc(C(=O)Nc2cc(Cl)ccc2NC(C)=O)s1. The predicted molar refractivity (Wildman–Crippen MR) is 85.2 cm³/mol. The molecule has 0 aliphatic carbocycles. The fourth-order valence-electron chi connectivity index (χ4n) is 1.68. The predicted octanol–water partition coefficient (Wildman–Crippen LogP) is 3.57. The van der Waals surface area contributed by atoms with Gasteiger partial charge in [0.1, 0.15) is 4.88 Å². The van der Waals surface area contributed by atoms with E-state index in [-0.39, 0.29) is 11.8 Å². The summed E-state index contributed by atoms with van der Waals surface area (Å²) < 4.78 is 0. The molecule has 2 amide bonds. The molecule has 5 nitrogen and oxygen atoms in total. The number of carbonyl (C=O) groups is 2. The zero-order valence-corrected chi connectivity index (χ0v) is 13.1. The highest BCUT2D eigenvalue weighted by atomic mass is 35.5. The highest BCUT2D eigenvalue weighted by Gasteiger charge is 2.13. The third-order valence-corrected chi connectivity index (χ3v) is 4.00. The summed E-state index contributed by atoms with van der Waals surface area (Å²) in [6, 6.07) is 4.88. The van der Waals surface area contributed by atoms with E-state index in [0.29, 0.717) is 21.3 Å². The molecular weight excluding hydrogens is 310 g/mol. The number of aromatic nitrogens is 1. The Kier molecular flexibility index (Phi) is 4.93. The number of thiazole rings is 1. The molecule has 1 aromatic heterocycles. The molecule has 0 atom stereocenters. The van der Waals surface area contributed by atoms with Crippen LogP contribution in [-0.4, -0.2) is 16.8 Å². The van der Waals surface area contributed by atoms with Crippen molar-refractivity contribution in [1.82, 2.24) is 4.98 Å². The summed E-state index contributed by atoms with van der Waals surface area (Å²) in [7, 11) is 0. The van der Waals surface area contributed by atoms with Crippen molar-refractivity contribution in [1.29, 1.82) is 0 Å². The van der Waals surface area contributed by atoms with E-state index in [0.717, 1.165) is 11.4 Å². The van der Waals surface area contributed by atoms with Gasteiger partial charge in [-0.05, 0) is 24.6 Å². The molecule has 0 bridgehead atoms. The average molecular weight is 324 g/mol. The molecule has 21 heavy (non-hydrogen) atoms. The first kappa shape index (κ1) is 15.5. The number of aryl methyl sites for hydroxylation is 1. The van der Waals surface area contributed by atoms with Crippen molar-refractivity contribution in [3.63, 3.8) is 0 Å². The number of nitrogens with zero attached hydrogens (tertiary/aromatic N) is 1. The van der Waals surface area contributed by atoms with Crippen LogP contribution in [0.25, 0.3) is 0 Å². The first-order valence-corrected chi connectivity index (χ1v) is 7.52. The third kappa shape index (κ3) is 4.03. The highest BCUT2D eigenvalue weighted by Crippen LogP contribution is 2.27. The van der Waals surface area contributed by atoms with E-state index in [2.05, 4.69) is 15.6 Å². The second kappa shape index (κ2) is 6.69. The molecule has 0 aliphatic heterocycles. The molecule has 2 aromatic rings. The molecule has 7 heteroatoms. The average Bonchev–Trinajstić information content (AvgIpc) is 2.90. The van der Waals surface area contributed by atoms with Gasteiger partial charge in [-0.25, -0.2) is 4.98 Å². The summed E-state index contributed by atoms with van der Waals surface area (Å²) in [5.41, 5.74) is 0.953. The van der Waals surface area contributed by atoms with E-state index in [4.69, 9.17) is 11.6 Å². The third-order valence-electron chi connectivity index (χ3n) is 2.62. The summed E-state index contributed by atoms with van der Waals surface area (Å²) in [6.07, 6.45) is 2.33. The zero-order valence-electron chi connectivity index (χ0n) is 11.6. The largest absolute Gasteiger partial charge is 0.325 e. The molecule has 0 radical (unpaired) electrons. The van der Waals surface area contributed by atoms with Crippen molar-refractivity contribution in [3.8, 4) is 0 Å². The first-order chi connectivity index (χ1) is 9.99. The van der Waals surface area contributed by atoms with Crippen molar-refractivity contribution in [2.75, 3.05) is 10.6 Å². The second-order valence-corrected chi connectivity index (χ2v) is 5.85. The molecule has 1 heterocycles. The van der Waals surface area contributed by atoms with Crippen molar-refractivity contribution >= 4 is 46.1 Å². The maximum absolute atomic E-state index is 12.2. The van der Waals surface area contributed by atoms with Gasteiger partial charge in [-0.3, -0.25) is 9.59 Å². The Morgan fingerprint density at radius 2 is 2.05 bits per heavy atom. The Morgan fingerprint density at radius 1 is 1.29 bits per heavy atom. The number of nitrogens with one attached hydrogen (secondary N) is 2.